The smallest absolute Gasteiger partial charge is 0.274 e. The van der Waals surface area contributed by atoms with Crippen LogP contribution in [0.1, 0.15) is 40.3 Å². The fourth-order valence-corrected chi connectivity index (χ4v) is 4.43. The molecule has 3 nitrogen and oxygen atoms in total. The Bertz CT molecular complexity index is 1060. The van der Waals surface area contributed by atoms with Gasteiger partial charge in [0.15, 0.2) is 0 Å². The molecule has 29 heavy (non-hydrogen) atoms. The second kappa shape index (κ2) is 8.59. The highest BCUT2D eigenvalue weighted by Gasteiger charge is 2.30. The summed E-state index contributed by atoms with van der Waals surface area (Å²) in [7, 11) is 0. The third-order valence-electron chi connectivity index (χ3n) is 4.96. The first-order chi connectivity index (χ1) is 14.1. The van der Waals surface area contributed by atoms with Gasteiger partial charge in [0.25, 0.3) is 5.91 Å². The molecule has 1 amide bonds. The molecule has 0 radical (unpaired) electrons. The third-order valence-corrected chi connectivity index (χ3v) is 5.98. The molecule has 0 saturated carbocycles. The molecule has 2 aromatic carbocycles. The molecule has 146 valence electrons. The summed E-state index contributed by atoms with van der Waals surface area (Å²) in [5, 5.41) is 0.873. The van der Waals surface area contributed by atoms with Crippen molar-refractivity contribution in [2.45, 2.75) is 32.2 Å². The summed E-state index contributed by atoms with van der Waals surface area (Å²) in [4.78, 5) is 20.7. The Morgan fingerprint density at radius 2 is 1.90 bits per heavy atom. The maximum Gasteiger partial charge on any atom is 0.274 e. The predicted octanol–water partition coefficient (Wildman–Crippen LogP) is 5.30. The number of hydrogen-bond donors (Lipinski definition) is 0. The van der Waals surface area contributed by atoms with Crippen LogP contribution in [-0.2, 0) is 0 Å². The fraction of sp³-hybridized carbons (Fsp3) is 0.250. The molecule has 0 N–H and O–H groups in total. The van der Waals surface area contributed by atoms with Crippen LogP contribution in [0.4, 0.5) is 4.39 Å². The molecule has 1 aromatic heterocycles. The predicted molar refractivity (Wildman–Crippen MR) is 114 cm³/mol. The van der Waals surface area contributed by atoms with Crippen molar-refractivity contribution in [3.63, 3.8) is 0 Å². The lowest BCUT2D eigenvalue weighted by Crippen LogP contribution is -2.43. The van der Waals surface area contributed by atoms with Crippen LogP contribution in [-0.4, -0.2) is 28.4 Å². The second-order valence-electron chi connectivity index (χ2n) is 7.06. The minimum absolute atomic E-state index is 0.0636. The van der Waals surface area contributed by atoms with Crippen molar-refractivity contribution in [1.29, 1.82) is 0 Å². The van der Waals surface area contributed by atoms with E-state index in [4.69, 9.17) is 0 Å². The Morgan fingerprint density at radius 3 is 2.66 bits per heavy atom. The number of carbonyl (C=O) groups excluding carboxylic acids is 1. The van der Waals surface area contributed by atoms with Crippen molar-refractivity contribution in [2.75, 3.05) is 6.54 Å². The Hall–Kier alpha value is -2.97. The molecular formula is C24H21FN2OS. The zero-order chi connectivity index (χ0) is 20.2. The largest absolute Gasteiger partial charge is 0.323 e. The van der Waals surface area contributed by atoms with E-state index in [1.165, 1.54) is 12.1 Å². The molecule has 1 unspecified atom stereocenters. The minimum Gasteiger partial charge on any atom is -0.323 e. The number of thiazole rings is 1. The average molecular weight is 405 g/mol. The number of piperidine rings is 1. The number of halogens is 1. The lowest BCUT2D eigenvalue weighted by molar-refractivity contribution is 0.0668. The summed E-state index contributed by atoms with van der Waals surface area (Å²) >= 11 is 1.54. The highest BCUT2D eigenvalue weighted by molar-refractivity contribution is 7.15. The number of rotatable bonds is 2. The number of nitrogens with zero attached hydrogens (tertiary/aromatic N) is 2. The number of carbonyl (C=O) groups is 1. The van der Waals surface area contributed by atoms with Gasteiger partial charge in [0.2, 0.25) is 0 Å². The van der Waals surface area contributed by atoms with Crippen LogP contribution in [0.25, 0.3) is 10.4 Å². The Labute approximate surface area is 174 Å². The van der Waals surface area contributed by atoms with E-state index in [-0.39, 0.29) is 17.8 Å². The van der Waals surface area contributed by atoms with Crippen LogP contribution in [0, 0.1) is 24.6 Å². The molecule has 0 aliphatic carbocycles. The van der Waals surface area contributed by atoms with E-state index in [1.54, 1.807) is 23.5 Å². The monoisotopic (exact) mass is 404 g/mol. The molecule has 5 heteroatoms. The first-order valence-electron chi connectivity index (χ1n) is 9.73. The molecule has 1 saturated heterocycles. The molecule has 0 bridgehead atoms. The van der Waals surface area contributed by atoms with Gasteiger partial charge >= 0.3 is 0 Å². The molecule has 0 spiro atoms. The quantitative estimate of drug-likeness (QED) is 0.543. The molecule has 4 rings (SSSR count). The van der Waals surface area contributed by atoms with Crippen molar-refractivity contribution < 1.29 is 9.18 Å². The molecule has 1 fully saturated rings. The summed E-state index contributed by atoms with van der Waals surface area (Å²) < 4.78 is 13.1. The maximum absolute atomic E-state index is 13.4. The van der Waals surface area contributed by atoms with Crippen LogP contribution in [0.3, 0.4) is 0 Å². The van der Waals surface area contributed by atoms with E-state index in [1.807, 2.05) is 42.2 Å². The van der Waals surface area contributed by atoms with Crippen LogP contribution in [0.15, 0.2) is 54.6 Å². The zero-order valence-corrected chi connectivity index (χ0v) is 17.0. The molecular weight excluding hydrogens is 383 g/mol. The molecule has 3 aromatic rings. The summed E-state index contributed by atoms with van der Waals surface area (Å²) in [5.74, 6) is 5.99. The van der Waals surface area contributed by atoms with Crippen molar-refractivity contribution in [2.24, 2.45) is 0 Å². The van der Waals surface area contributed by atoms with E-state index in [9.17, 15) is 9.18 Å². The maximum atomic E-state index is 13.4. The minimum atomic E-state index is -0.280. The Kier molecular flexibility index (Phi) is 5.73. The van der Waals surface area contributed by atoms with Crippen LogP contribution >= 0.6 is 11.3 Å². The normalized spacial score (nSPS) is 16.2. The number of amides is 1. The van der Waals surface area contributed by atoms with E-state index in [0.717, 1.165) is 40.3 Å². The number of likely N-dealkylation sites (tertiary alicyclic amines) is 1. The van der Waals surface area contributed by atoms with E-state index < -0.39 is 0 Å². The summed E-state index contributed by atoms with van der Waals surface area (Å²) in [6.45, 7) is 2.60. The molecule has 1 aliphatic heterocycles. The third kappa shape index (κ3) is 4.38. The average Bonchev–Trinajstić information content (AvgIpc) is 3.15. The summed E-state index contributed by atoms with van der Waals surface area (Å²) in [5.41, 5.74) is 2.26. The Balaban J connectivity index is 1.63. The van der Waals surface area contributed by atoms with Crippen molar-refractivity contribution >= 4 is 17.2 Å². The van der Waals surface area contributed by atoms with Crippen LogP contribution in [0.5, 0.6) is 0 Å². The van der Waals surface area contributed by atoms with Crippen molar-refractivity contribution in [3.05, 3.63) is 76.7 Å². The summed E-state index contributed by atoms with van der Waals surface area (Å²) in [6.07, 6.45) is 2.84. The molecule has 2 heterocycles. The Morgan fingerprint density at radius 1 is 1.14 bits per heavy atom. The van der Waals surface area contributed by atoms with E-state index in [2.05, 4.69) is 16.8 Å². The van der Waals surface area contributed by atoms with E-state index in [0.29, 0.717) is 12.2 Å². The van der Waals surface area contributed by atoms with E-state index >= 15 is 0 Å². The lowest BCUT2D eigenvalue weighted by atomic mass is 10.0. The van der Waals surface area contributed by atoms with Gasteiger partial charge in [-0.3, -0.25) is 4.79 Å². The lowest BCUT2D eigenvalue weighted by Gasteiger charge is -2.32. The first-order valence-corrected chi connectivity index (χ1v) is 10.5. The van der Waals surface area contributed by atoms with Gasteiger partial charge < -0.3 is 4.90 Å². The van der Waals surface area contributed by atoms with Crippen molar-refractivity contribution in [1.82, 2.24) is 9.88 Å². The number of hydrogen-bond acceptors (Lipinski definition) is 3. The first kappa shape index (κ1) is 19.4. The molecule has 1 aliphatic rings. The van der Waals surface area contributed by atoms with Crippen LogP contribution < -0.4 is 0 Å². The topological polar surface area (TPSA) is 33.2 Å². The van der Waals surface area contributed by atoms with Gasteiger partial charge in [-0.05, 0) is 56.0 Å². The number of aryl methyl sites for hydroxylation is 1. The highest BCUT2D eigenvalue weighted by atomic mass is 32.1. The fourth-order valence-electron chi connectivity index (χ4n) is 3.52. The van der Waals surface area contributed by atoms with Gasteiger partial charge in [-0.1, -0.05) is 42.2 Å². The van der Waals surface area contributed by atoms with Crippen molar-refractivity contribution in [3.8, 4) is 22.3 Å². The highest BCUT2D eigenvalue weighted by Crippen LogP contribution is 2.32. The number of benzene rings is 2. The van der Waals surface area contributed by atoms with Gasteiger partial charge in [-0.2, -0.15) is 0 Å². The van der Waals surface area contributed by atoms with Gasteiger partial charge in [-0.25, -0.2) is 9.37 Å². The van der Waals surface area contributed by atoms with Gasteiger partial charge in [0.05, 0.1) is 15.9 Å². The molecule has 1 atom stereocenters. The SMILES string of the molecule is Cc1nc(C(=O)N2CCCCC2C#Cc2ccc(F)cc2)c(-c2ccccc2)s1. The van der Waals surface area contributed by atoms with Crippen LogP contribution in [0.2, 0.25) is 0 Å². The summed E-state index contributed by atoms with van der Waals surface area (Å²) in [6, 6.07) is 15.9. The standard InChI is InChI=1S/C24H21FN2OS/c1-17-26-22(23(29-17)19-7-3-2-4-8-19)24(28)27-16-6-5-9-21(27)15-12-18-10-13-20(25)14-11-18/h2-4,7-8,10-11,13-14,21H,5-6,9,16H2,1H3. The number of aromatic nitrogens is 1. The van der Waals surface area contributed by atoms with Gasteiger partial charge in [0, 0.05) is 12.1 Å². The van der Waals surface area contributed by atoms with Gasteiger partial charge in [-0.15, -0.1) is 11.3 Å². The zero-order valence-electron chi connectivity index (χ0n) is 16.2. The second-order valence-corrected chi connectivity index (χ2v) is 8.27. The van der Waals surface area contributed by atoms with Gasteiger partial charge in [0.1, 0.15) is 11.5 Å².